The van der Waals surface area contributed by atoms with Gasteiger partial charge in [-0.3, -0.25) is 9.59 Å². The first-order valence-electron chi connectivity index (χ1n) is 3.39. The Morgan fingerprint density at radius 3 is 2.25 bits per heavy atom. The maximum atomic E-state index is 10.4. The van der Waals surface area contributed by atoms with Gasteiger partial charge in [0.25, 0.3) is 0 Å². The fraction of sp³-hybridized carbons (Fsp3) is 0.111. The number of hydrogen-bond acceptors (Lipinski definition) is 2. The van der Waals surface area contributed by atoms with E-state index in [4.69, 9.17) is 11.6 Å². The van der Waals surface area contributed by atoms with E-state index in [9.17, 15) is 9.59 Å². The lowest BCUT2D eigenvalue weighted by Gasteiger charge is -2.00. The zero-order chi connectivity index (χ0) is 9.14. The summed E-state index contributed by atoms with van der Waals surface area (Å²) in [6, 6.07) is 3.09. The molecule has 0 fully saturated rings. The molecular weight excluding hydrogens is 176 g/mol. The third kappa shape index (κ3) is 1.53. The number of rotatable bonds is 2. The quantitative estimate of drug-likeness (QED) is 0.658. The number of hydrogen-bond donors (Lipinski definition) is 0. The zero-order valence-corrected chi connectivity index (χ0v) is 7.26. The number of carbonyl (C=O) groups is 2. The van der Waals surface area contributed by atoms with Gasteiger partial charge in [-0.25, -0.2) is 0 Å². The summed E-state index contributed by atoms with van der Waals surface area (Å²) in [6.07, 6.45) is 1.34. The van der Waals surface area contributed by atoms with Gasteiger partial charge in [-0.1, -0.05) is 11.6 Å². The van der Waals surface area contributed by atoms with E-state index in [0.29, 0.717) is 28.7 Å². The minimum atomic E-state index is 0.351. The summed E-state index contributed by atoms with van der Waals surface area (Å²) in [5, 5.41) is 0.383. The van der Waals surface area contributed by atoms with Crippen LogP contribution in [-0.4, -0.2) is 12.6 Å². The van der Waals surface area contributed by atoms with Gasteiger partial charge in [0.1, 0.15) is 6.29 Å². The molecule has 0 saturated carbocycles. The second kappa shape index (κ2) is 3.50. The predicted octanol–water partition coefficient (Wildman–Crippen LogP) is 2.27. The Bertz CT molecular complexity index is 302. The molecule has 0 radical (unpaired) electrons. The van der Waals surface area contributed by atoms with Gasteiger partial charge in [-0.15, -0.1) is 0 Å². The van der Waals surface area contributed by atoms with Gasteiger partial charge in [-0.2, -0.15) is 0 Å². The highest BCUT2D eigenvalue weighted by Crippen LogP contribution is 2.18. The smallest absolute Gasteiger partial charge is 0.151 e. The fourth-order valence-electron chi connectivity index (χ4n) is 0.924. The molecule has 0 N–H and O–H groups in total. The molecule has 62 valence electrons. The summed E-state index contributed by atoms with van der Waals surface area (Å²) in [4.78, 5) is 20.9. The lowest BCUT2D eigenvalue weighted by atomic mass is 10.1. The fourth-order valence-corrected chi connectivity index (χ4v) is 1.19. The molecule has 0 heterocycles. The first kappa shape index (κ1) is 8.94. The van der Waals surface area contributed by atoms with Crippen LogP contribution in [0.2, 0.25) is 5.02 Å². The maximum absolute atomic E-state index is 10.4. The third-order valence-corrected chi connectivity index (χ3v) is 1.97. The van der Waals surface area contributed by atoms with Crippen molar-refractivity contribution in [3.8, 4) is 0 Å². The van der Waals surface area contributed by atoms with Gasteiger partial charge >= 0.3 is 0 Å². The maximum Gasteiger partial charge on any atom is 0.151 e. The van der Waals surface area contributed by atoms with Crippen molar-refractivity contribution < 1.29 is 9.59 Å². The van der Waals surface area contributed by atoms with Crippen LogP contribution < -0.4 is 0 Å². The first-order chi connectivity index (χ1) is 5.69. The summed E-state index contributed by atoms with van der Waals surface area (Å²) in [6.45, 7) is 1.77. The molecule has 1 rings (SSSR count). The van der Waals surface area contributed by atoms with Gasteiger partial charge in [-0.05, 0) is 24.6 Å². The van der Waals surface area contributed by atoms with Crippen molar-refractivity contribution in [1.29, 1.82) is 0 Å². The Morgan fingerprint density at radius 2 is 1.75 bits per heavy atom. The Labute approximate surface area is 75.2 Å². The number of aryl methyl sites for hydroxylation is 1. The van der Waals surface area contributed by atoms with Crippen LogP contribution in [0.15, 0.2) is 12.1 Å². The SMILES string of the molecule is Cc1cc(Cl)c(C=O)cc1C=O. The summed E-state index contributed by atoms with van der Waals surface area (Å²) < 4.78 is 0. The highest BCUT2D eigenvalue weighted by Gasteiger charge is 2.03. The molecule has 3 heteroatoms. The number of halogens is 1. The molecule has 0 aliphatic carbocycles. The lowest BCUT2D eigenvalue weighted by Crippen LogP contribution is -1.90. The van der Waals surface area contributed by atoms with Crippen LogP contribution in [0.1, 0.15) is 26.3 Å². The minimum Gasteiger partial charge on any atom is -0.298 e. The average molecular weight is 183 g/mol. The topological polar surface area (TPSA) is 34.1 Å². The Morgan fingerprint density at radius 1 is 1.17 bits per heavy atom. The van der Waals surface area contributed by atoms with E-state index in [1.54, 1.807) is 13.0 Å². The molecule has 0 unspecified atom stereocenters. The Balaban J connectivity index is 3.36. The molecule has 2 nitrogen and oxygen atoms in total. The highest BCUT2D eigenvalue weighted by molar-refractivity contribution is 6.33. The van der Waals surface area contributed by atoms with Gasteiger partial charge in [0.2, 0.25) is 0 Å². The minimum absolute atomic E-state index is 0.351. The molecule has 0 spiro atoms. The second-order valence-electron chi connectivity index (χ2n) is 2.47. The molecule has 1 aromatic rings. The molecule has 0 aliphatic heterocycles. The van der Waals surface area contributed by atoms with E-state index >= 15 is 0 Å². The molecule has 0 atom stereocenters. The van der Waals surface area contributed by atoms with Crippen molar-refractivity contribution in [1.82, 2.24) is 0 Å². The van der Waals surface area contributed by atoms with E-state index in [-0.39, 0.29) is 0 Å². The van der Waals surface area contributed by atoms with Crippen LogP contribution in [0, 0.1) is 6.92 Å². The van der Waals surface area contributed by atoms with Gasteiger partial charge < -0.3 is 0 Å². The number of benzene rings is 1. The van der Waals surface area contributed by atoms with Crippen molar-refractivity contribution in [2.45, 2.75) is 6.92 Å². The molecule has 1 aromatic carbocycles. The monoisotopic (exact) mass is 182 g/mol. The van der Waals surface area contributed by atoms with E-state index in [1.807, 2.05) is 0 Å². The highest BCUT2D eigenvalue weighted by atomic mass is 35.5. The molecule has 0 aliphatic rings. The van der Waals surface area contributed by atoms with Crippen molar-refractivity contribution in [3.05, 3.63) is 33.8 Å². The van der Waals surface area contributed by atoms with Crippen molar-refractivity contribution >= 4 is 24.2 Å². The van der Waals surface area contributed by atoms with E-state index < -0.39 is 0 Å². The first-order valence-corrected chi connectivity index (χ1v) is 3.77. The summed E-state index contributed by atoms with van der Waals surface area (Å²) in [5.41, 5.74) is 1.63. The standard InChI is InChI=1S/C9H7ClO2/c1-6-2-9(10)8(5-12)3-7(6)4-11/h2-5H,1H3. The summed E-state index contributed by atoms with van der Waals surface area (Å²) >= 11 is 5.71. The molecule has 0 amide bonds. The lowest BCUT2D eigenvalue weighted by molar-refractivity contribution is 0.112. The van der Waals surface area contributed by atoms with Crippen LogP contribution in [0.3, 0.4) is 0 Å². The van der Waals surface area contributed by atoms with Gasteiger partial charge in [0, 0.05) is 11.1 Å². The Hall–Kier alpha value is -1.15. The molecule has 0 bridgehead atoms. The van der Waals surface area contributed by atoms with Gasteiger partial charge in [0.15, 0.2) is 6.29 Å². The van der Waals surface area contributed by atoms with E-state index in [2.05, 4.69) is 0 Å². The van der Waals surface area contributed by atoms with Crippen molar-refractivity contribution in [3.63, 3.8) is 0 Å². The molecule has 12 heavy (non-hydrogen) atoms. The van der Waals surface area contributed by atoms with Crippen LogP contribution in [0.5, 0.6) is 0 Å². The van der Waals surface area contributed by atoms with Crippen molar-refractivity contribution in [2.24, 2.45) is 0 Å². The molecule has 0 aromatic heterocycles. The molecule has 0 saturated heterocycles. The third-order valence-electron chi connectivity index (χ3n) is 1.64. The number of carbonyl (C=O) groups excluding carboxylic acids is 2. The predicted molar refractivity (Wildman–Crippen MR) is 47.0 cm³/mol. The van der Waals surface area contributed by atoms with E-state index in [0.717, 1.165) is 5.56 Å². The van der Waals surface area contributed by atoms with Crippen LogP contribution in [0.4, 0.5) is 0 Å². The average Bonchev–Trinajstić information content (AvgIpc) is 2.05. The Kier molecular flexibility index (Phi) is 2.61. The second-order valence-corrected chi connectivity index (χ2v) is 2.87. The van der Waals surface area contributed by atoms with Crippen LogP contribution >= 0.6 is 11.6 Å². The zero-order valence-electron chi connectivity index (χ0n) is 6.50. The molecular formula is C9H7ClO2. The van der Waals surface area contributed by atoms with E-state index in [1.165, 1.54) is 6.07 Å². The van der Waals surface area contributed by atoms with Gasteiger partial charge in [0.05, 0.1) is 5.02 Å². The van der Waals surface area contributed by atoms with Crippen LogP contribution in [-0.2, 0) is 0 Å². The number of aldehydes is 2. The summed E-state index contributed by atoms with van der Waals surface area (Å²) in [5.74, 6) is 0. The largest absolute Gasteiger partial charge is 0.298 e. The van der Waals surface area contributed by atoms with Crippen molar-refractivity contribution in [2.75, 3.05) is 0 Å². The normalized spacial score (nSPS) is 9.50. The van der Waals surface area contributed by atoms with Crippen LogP contribution in [0.25, 0.3) is 0 Å². The summed E-state index contributed by atoms with van der Waals surface area (Å²) in [7, 11) is 0.